The number of rotatable bonds is 6. The number of carbonyl (C=O) groups is 2. The number of hydrogen-bond donors (Lipinski definition) is 2. The Morgan fingerprint density at radius 1 is 1.19 bits per heavy atom. The zero-order valence-corrected chi connectivity index (χ0v) is 18.4. The molecule has 1 aliphatic rings. The molecule has 7 nitrogen and oxygen atoms in total. The number of fused-ring (bicyclic) bond motifs is 1. The first-order valence-electron chi connectivity index (χ1n) is 10.5. The molecule has 1 aromatic heterocycles. The Balaban J connectivity index is 1.42. The number of aromatic nitrogens is 2. The van der Waals surface area contributed by atoms with Gasteiger partial charge < -0.3 is 10.3 Å². The second kappa shape index (κ2) is 9.26. The first-order chi connectivity index (χ1) is 15.4. The van der Waals surface area contributed by atoms with Crippen LogP contribution < -0.4 is 11.0 Å². The molecular weight excluding hydrogens is 435 g/mol. The van der Waals surface area contributed by atoms with Crippen LogP contribution in [0.3, 0.4) is 0 Å². The predicted molar refractivity (Wildman–Crippen MR) is 121 cm³/mol. The average Bonchev–Trinajstić information content (AvgIpc) is 3.09. The van der Waals surface area contributed by atoms with Gasteiger partial charge in [-0.15, -0.1) is 0 Å². The molecule has 2 N–H and O–H groups in total. The van der Waals surface area contributed by atoms with Crippen molar-refractivity contribution in [3.05, 3.63) is 68.8 Å². The van der Waals surface area contributed by atoms with Gasteiger partial charge in [0, 0.05) is 43.7 Å². The molecule has 0 bridgehead atoms. The lowest BCUT2D eigenvalue weighted by molar-refractivity contribution is -0.119. The van der Waals surface area contributed by atoms with E-state index in [1.54, 1.807) is 16.7 Å². The SMILES string of the molecule is CNC(=O)c1cc2[nH]c(=O)n(C3CCN(CC(=O)Cc4ccc(Cl)cc4)CC3)c2cc1F. The van der Waals surface area contributed by atoms with Crippen molar-refractivity contribution in [3.8, 4) is 0 Å². The second-order valence-electron chi connectivity index (χ2n) is 8.08. The molecule has 0 atom stereocenters. The minimum absolute atomic E-state index is 0.107. The van der Waals surface area contributed by atoms with Crippen LogP contribution in [0.5, 0.6) is 0 Å². The van der Waals surface area contributed by atoms with Crippen molar-refractivity contribution in [1.82, 2.24) is 19.8 Å². The van der Waals surface area contributed by atoms with Crippen molar-refractivity contribution in [1.29, 1.82) is 0 Å². The maximum absolute atomic E-state index is 14.5. The smallest absolute Gasteiger partial charge is 0.326 e. The lowest BCUT2D eigenvalue weighted by Crippen LogP contribution is -2.39. The maximum atomic E-state index is 14.5. The topological polar surface area (TPSA) is 87.2 Å². The molecule has 2 aromatic carbocycles. The van der Waals surface area contributed by atoms with Crippen molar-refractivity contribution in [2.45, 2.75) is 25.3 Å². The summed E-state index contributed by atoms with van der Waals surface area (Å²) in [7, 11) is 1.42. The van der Waals surface area contributed by atoms with Crippen molar-refractivity contribution >= 4 is 34.3 Å². The summed E-state index contributed by atoms with van der Waals surface area (Å²) in [6.45, 7) is 1.67. The van der Waals surface area contributed by atoms with Crippen LogP contribution in [0, 0.1) is 5.82 Å². The zero-order chi connectivity index (χ0) is 22.8. The Kier molecular flexibility index (Phi) is 6.43. The van der Waals surface area contributed by atoms with E-state index in [0.29, 0.717) is 55.0 Å². The molecule has 168 valence electrons. The molecule has 3 aromatic rings. The van der Waals surface area contributed by atoms with Gasteiger partial charge in [-0.05, 0) is 36.6 Å². The number of aromatic amines is 1. The van der Waals surface area contributed by atoms with Crippen LogP contribution in [0.4, 0.5) is 4.39 Å². The predicted octanol–water partition coefficient (Wildman–Crippen LogP) is 2.93. The number of piperidine rings is 1. The molecule has 1 aliphatic heterocycles. The van der Waals surface area contributed by atoms with Crippen molar-refractivity contribution in [3.63, 3.8) is 0 Å². The molecule has 0 radical (unpaired) electrons. The van der Waals surface area contributed by atoms with Crippen LogP contribution >= 0.6 is 11.6 Å². The zero-order valence-electron chi connectivity index (χ0n) is 17.7. The van der Waals surface area contributed by atoms with Gasteiger partial charge in [-0.2, -0.15) is 0 Å². The molecule has 0 aliphatic carbocycles. The summed E-state index contributed by atoms with van der Waals surface area (Å²) < 4.78 is 16.0. The van der Waals surface area contributed by atoms with Gasteiger partial charge in [-0.1, -0.05) is 23.7 Å². The van der Waals surface area contributed by atoms with E-state index in [-0.39, 0.29) is 23.1 Å². The fourth-order valence-corrected chi connectivity index (χ4v) is 4.42. The van der Waals surface area contributed by atoms with Crippen LogP contribution in [-0.2, 0) is 11.2 Å². The number of halogens is 2. The molecule has 1 amide bonds. The molecule has 0 spiro atoms. The lowest BCUT2D eigenvalue weighted by atomic mass is 10.0. The number of nitrogens with one attached hydrogen (secondary N) is 2. The number of benzene rings is 2. The minimum atomic E-state index is -0.671. The normalized spacial score (nSPS) is 15.2. The highest BCUT2D eigenvalue weighted by molar-refractivity contribution is 6.30. The Bertz CT molecular complexity index is 1210. The number of ketones is 1. The summed E-state index contributed by atoms with van der Waals surface area (Å²) in [5, 5.41) is 3.03. The van der Waals surface area contributed by atoms with Crippen molar-refractivity contribution < 1.29 is 14.0 Å². The first kappa shape index (κ1) is 22.2. The van der Waals surface area contributed by atoms with Gasteiger partial charge >= 0.3 is 5.69 Å². The second-order valence-corrected chi connectivity index (χ2v) is 8.51. The Morgan fingerprint density at radius 2 is 1.88 bits per heavy atom. The summed E-state index contributed by atoms with van der Waals surface area (Å²) in [5.74, 6) is -1.09. The van der Waals surface area contributed by atoms with Gasteiger partial charge in [0.1, 0.15) is 5.82 Å². The van der Waals surface area contributed by atoms with E-state index in [1.807, 2.05) is 12.1 Å². The summed E-state index contributed by atoms with van der Waals surface area (Å²) in [6.07, 6.45) is 1.69. The van der Waals surface area contributed by atoms with Crippen LogP contribution in [0.25, 0.3) is 11.0 Å². The van der Waals surface area contributed by atoms with Gasteiger partial charge in [0.05, 0.1) is 23.1 Å². The first-order valence-corrected chi connectivity index (χ1v) is 10.9. The number of amides is 1. The van der Waals surface area contributed by atoms with E-state index in [1.165, 1.54) is 19.2 Å². The third-order valence-corrected chi connectivity index (χ3v) is 6.17. The Morgan fingerprint density at radius 3 is 2.53 bits per heavy atom. The van der Waals surface area contributed by atoms with E-state index >= 15 is 0 Å². The monoisotopic (exact) mass is 458 g/mol. The quantitative estimate of drug-likeness (QED) is 0.594. The summed E-state index contributed by atoms with van der Waals surface area (Å²) in [5.41, 5.74) is 1.36. The maximum Gasteiger partial charge on any atom is 0.326 e. The highest BCUT2D eigenvalue weighted by Gasteiger charge is 2.25. The van der Waals surface area contributed by atoms with Crippen LogP contribution in [0.2, 0.25) is 5.02 Å². The molecule has 32 heavy (non-hydrogen) atoms. The number of Topliss-reactive ketones (excluding diaryl/α,β-unsaturated/α-hetero) is 1. The number of imidazole rings is 1. The van der Waals surface area contributed by atoms with E-state index in [4.69, 9.17) is 11.6 Å². The van der Waals surface area contributed by atoms with Gasteiger partial charge in [0.2, 0.25) is 0 Å². The third-order valence-electron chi connectivity index (χ3n) is 5.91. The highest BCUT2D eigenvalue weighted by atomic mass is 35.5. The van der Waals surface area contributed by atoms with Crippen molar-refractivity contribution in [2.75, 3.05) is 26.7 Å². The Labute approximate surface area is 189 Å². The summed E-state index contributed by atoms with van der Waals surface area (Å²) in [6, 6.07) is 9.74. The van der Waals surface area contributed by atoms with Gasteiger partial charge in [0.15, 0.2) is 5.78 Å². The highest BCUT2D eigenvalue weighted by Crippen LogP contribution is 2.26. The van der Waals surface area contributed by atoms with Gasteiger partial charge in [0.25, 0.3) is 5.91 Å². The number of nitrogens with zero attached hydrogens (tertiary/aromatic N) is 2. The van der Waals surface area contributed by atoms with Gasteiger partial charge in [-0.3, -0.25) is 19.1 Å². The van der Waals surface area contributed by atoms with Crippen LogP contribution in [0.1, 0.15) is 34.8 Å². The fourth-order valence-electron chi connectivity index (χ4n) is 4.29. The van der Waals surface area contributed by atoms with E-state index in [0.717, 1.165) is 5.56 Å². The molecule has 0 saturated carbocycles. The molecule has 4 rings (SSSR count). The lowest BCUT2D eigenvalue weighted by Gasteiger charge is -2.32. The third kappa shape index (κ3) is 4.61. The van der Waals surface area contributed by atoms with E-state index in [2.05, 4.69) is 15.2 Å². The fraction of sp³-hybridized carbons (Fsp3) is 0.348. The standard InChI is InChI=1S/C23H24ClFN4O3/c1-26-22(31)18-11-20-21(12-19(18)25)29(23(32)27-20)16-6-8-28(9-7-16)13-17(30)10-14-2-4-15(24)5-3-14/h2-5,11-12,16H,6-10,13H2,1H3,(H,26,31)(H,27,32). The summed E-state index contributed by atoms with van der Waals surface area (Å²) in [4.78, 5) is 41.7. The number of carbonyl (C=O) groups excluding carboxylic acids is 2. The van der Waals surface area contributed by atoms with Crippen molar-refractivity contribution in [2.24, 2.45) is 0 Å². The number of hydrogen-bond acceptors (Lipinski definition) is 4. The molecule has 1 fully saturated rings. The Hall–Kier alpha value is -2.97. The summed E-state index contributed by atoms with van der Waals surface area (Å²) >= 11 is 5.89. The molecule has 2 heterocycles. The van der Waals surface area contributed by atoms with Crippen LogP contribution in [0.15, 0.2) is 41.2 Å². The van der Waals surface area contributed by atoms with E-state index < -0.39 is 11.7 Å². The molecular formula is C23H24ClFN4O3. The minimum Gasteiger partial charge on any atom is -0.355 e. The average molecular weight is 459 g/mol. The van der Waals surface area contributed by atoms with Crippen LogP contribution in [-0.4, -0.2) is 52.8 Å². The molecule has 1 saturated heterocycles. The molecule has 9 heteroatoms. The molecule has 0 unspecified atom stereocenters. The van der Waals surface area contributed by atoms with Gasteiger partial charge in [-0.25, -0.2) is 9.18 Å². The number of H-pyrrole nitrogens is 1. The van der Waals surface area contributed by atoms with E-state index in [9.17, 15) is 18.8 Å². The number of likely N-dealkylation sites (tertiary alicyclic amines) is 1. The largest absolute Gasteiger partial charge is 0.355 e.